The number of hydrogen-bond acceptors (Lipinski definition) is 1. The quantitative estimate of drug-likeness (QED) is 0.759. The van der Waals surface area contributed by atoms with Crippen LogP contribution < -0.4 is 5.32 Å². The van der Waals surface area contributed by atoms with Crippen molar-refractivity contribution < 1.29 is 0 Å². The molecule has 0 radical (unpaired) electrons. The predicted molar refractivity (Wildman–Crippen MR) is 81.2 cm³/mol. The van der Waals surface area contributed by atoms with Crippen LogP contribution in [-0.2, 0) is 6.42 Å². The Morgan fingerprint density at radius 1 is 1.00 bits per heavy atom. The molecule has 0 saturated carbocycles. The summed E-state index contributed by atoms with van der Waals surface area (Å²) in [5, 5.41) is 3.69. The van der Waals surface area contributed by atoms with E-state index in [-0.39, 0.29) is 0 Å². The molecule has 102 valence electrons. The molecule has 0 bridgehead atoms. The van der Waals surface area contributed by atoms with Gasteiger partial charge in [-0.3, -0.25) is 0 Å². The Morgan fingerprint density at radius 2 is 1.56 bits per heavy atom. The Bertz CT molecular complexity index is 332. The van der Waals surface area contributed by atoms with Crippen molar-refractivity contribution in [3.63, 3.8) is 0 Å². The van der Waals surface area contributed by atoms with Gasteiger partial charge in [-0.1, -0.05) is 51.8 Å². The molecule has 0 aliphatic carbocycles. The van der Waals surface area contributed by atoms with Crippen LogP contribution in [0.5, 0.6) is 0 Å². The highest BCUT2D eigenvalue weighted by atomic mass is 14.9. The molecule has 0 saturated heterocycles. The molecule has 1 rings (SSSR count). The fourth-order valence-electron chi connectivity index (χ4n) is 2.92. The number of nitrogens with one attached hydrogen (secondary N) is 1. The van der Waals surface area contributed by atoms with Crippen molar-refractivity contribution in [2.45, 2.75) is 59.9 Å². The smallest absolute Gasteiger partial charge is 0.0136 e. The fourth-order valence-corrected chi connectivity index (χ4v) is 2.92. The maximum absolute atomic E-state index is 3.69. The molecule has 0 spiro atoms. The number of benzene rings is 1. The second-order valence-corrected chi connectivity index (χ2v) is 5.32. The van der Waals surface area contributed by atoms with Gasteiger partial charge in [0.15, 0.2) is 0 Å². The van der Waals surface area contributed by atoms with E-state index >= 15 is 0 Å². The molecule has 1 aromatic carbocycles. The van der Waals surface area contributed by atoms with E-state index in [0.717, 1.165) is 12.5 Å². The van der Waals surface area contributed by atoms with E-state index in [1.54, 1.807) is 0 Å². The highest BCUT2D eigenvalue weighted by Crippen LogP contribution is 2.21. The highest BCUT2D eigenvalue weighted by Gasteiger charge is 2.19. The zero-order valence-electron chi connectivity index (χ0n) is 12.7. The summed E-state index contributed by atoms with van der Waals surface area (Å²) in [6, 6.07) is 7.24. The largest absolute Gasteiger partial charge is 0.314 e. The third kappa shape index (κ3) is 3.84. The van der Waals surface area contributed by atoms with Crippen molar-refractivity contribution in [2.24, 2.45) is 5.92 Å². The summed E-state index contributed by atoms with van der Waals surface area (Å²) in [7, 11) is 0. The first-order valence-corrected chi connectivity index (χ1v) is 7.42. The van der Waals surface area contributed by atoms with Crippen molar-refractivity contribution in [1.82, 2.24) is 5.32 Å². The molecular formula is C17H29N. The van der Waals surface area contributed by atoms with E-state index in [9.17, 15) is 0 Å². The van der Waals surface area contributed by atoms with E-state index in [2.05, 4.69) is 58.1 Å². The van der Waals surface area contributed by atoms with Crippen LogP contribution >= 0.6 is 0 Å². The lowest BCUT2D eigenvalue weighted by Gasteiger charge is -2.27. The molecule has 1 heteroatoms. The van der Waals surface area contributed by atoms with Crippen LogP contribution in [0.3, 0.4) is 0 Å². The van der Waals surface area contributed by atoms with Gasteiger partial charge >= 0.3 is 0 Å². The lowest BCUT2D eigenvalue weighted by atomic mass is 9.87. The molecule has 0 amide bonds. The Labute approximate surface area is 113 Å². The molecule has 1 unspecified atom stereocenters. The molecule has 18 heavy (non-hydrogen) atoms. The molecule has 1 atom stereocenters. The molecule has 0 fully saturated rings. The van der Waals surface area contributed by atoms with Gasteiger partial charge in [0.05, 0.1) is 0 Å². The SMILES string of the molecule is CCNC(Cc1c(C)cccc1C)C(CC)CC. The van der Waals surface area contributed by atoms with Crippen LogP contribution in [0, 0.1) is 19.8 Å². The topological polar surface area (TPSA) is 12.0 Å². The van der Waals surface area contributed by atoms with Gasteiger partial charge in [0.25, 0.3) is 0 Å². The zero-order valence-corrected chi connectivity index (χ0v) is 12.7. The van der Waals surface area contributed by atoms with E-state index in [1.807, 2.05) is 0 Å². The lowest BCUT2D eigenvalue weighted by Crippen LogP contribution is -2.38. The average Bonchev–Trinajstić information content (AvgIpc) is 2.35. The first-order chi connectivity index (χ1) is 8.63. The number of aryl methyl sites for hydroxylation is 2. The number of likely N-dealkylation sites (N-methyl/N-ethyl adjacent to an activating group) is 1. The molecule has 0 aromatic heterocycles. The molecule has 1 N–H and O–H groups in total. The standard InChI is InChI=1S/C17H29N/c1-6-15(7-2)17(18-8-3)12-16-13(4)10-9-11-14(16)5/h9-11,15,17-18H,6-8,12H2,1-5H3. The van der Waals surface area contributed by atoms with Crippen LogP contribution in [0.25, 0.3) is 0 Å². The third-order valence-electron chi connectivity index (χ3n) is 4.15. The number of rotatable bonds is 7. The van der Waals surface area contributed by atoms with Crippen molar-refractivity contribution in [3.05, 3.63) is 34.9 Å². The molecule has 1 aromatic rings. The average molecular weight is 247 g/mol. The minimum absolute atomic E-state index is 0.616. The first kappa shape index (κ1) is 15.2. The van der Waals surface area contributed by atoms with Gasteiger partial charge in [-0.25, -0.2) is 0 Å². The Balaban J connectivity index is 2.89. The van der Waals surface area contributed by atoms with E-state index in [1.165, 1.54) is 36.0 Å². The van der Waals surface area contributed by atoms with Crippen molar-refractivity contribution in [3.8, 4) is 0 Å². The van der Waals surface area contributed by atoms with Gasteiger partial charge in [-0.15, -0.1) is 0 Å². The van der Waals surface area contributed by atoms with Crippen molar-refractivity contribution >= 4 is 0 Å². The first-order valence-electron chi connectivity index (χ1n) is 7.42. The summed E-state index contributed by atoms with van der Waals surface area (Å²) < 4.78 is 0. The monoisotopic (exact) mass is 247 g/mol. The predicted octanol–water partition coefficient (Wildman–Crippen LogP) is 4.26. The van der Waals surface area contributed by atoms with Crippen LogP contribution in [-0.4, -0.2) is 12.6 Å². The van der Waals surface area contributed by atoms with Crippen LogP contribution in [0.4, 0.5) is 0 Å². The summed E-state index contributed by atoms with van der Waals surface area (Å²) in [6.07, 6.45) is 3.69. The van der Waals surface area contributed by atoms with Crippen molar-refractivity contribution in [2.75, 3.05) is 6.54 Å². The van der Waals surface area contributed by atoms with Gasteiger partial charge < -0.3 is 5.32 Å². The van der Waals surface area contributed by atoms with E-state index < -0.39 is 0 Å². The minimum atomic E-state index is 0.616. The van der Waals surface area contributed by atoms with E-state index in [4.69, 9.17) is 0 Å². The van der Waals surface area contributed by atoms with Gasteiger partial charge in [-0.05, 0) is 49.4 Å². The maximum Gasteiger partial charge on any atom is 0.0136 e. The van der Waals surface area contributed by atoms with Gasteiger partial charge in [-0.2, -0.15) is 0 Å². The highest BCUT2D eigenvalue weighted by molar-refractivity contribution is 5.34. The summed E-state index contributed by atoms with van der Waals surface area (Å²) in [6.45, 7) is 12.4. The van der Waals surface area contributed by atoms with Gasteiger partial charge in [0.2, 0.25) is 0 Å². The zero-order chi connectivity index (χ0) is 13.5. The Morgan fingerprint density at radius 3 is 2.00 bits per heavy atom. The minimum Gasteiger partial charge on any atom is -0.314 e. The van der Waals surface area contributed by atoms with Crippen LogP contribution in [0.15, 0.2) is 18.2 Å². The summed E-state index contributed by atoms with van der Waals surface area (Å²) in [5.74, 6) is 0.781. The van der Waals surface area contributed by atoms with Gasteiger partial charge in [0, 0.05) is 6.04 Å². The summed E-state index contributed by atoms with van der Waals surface area (Å²) in [5.41, 5.74) is 4.41. The summed E-state index contributed by atoms with van der Waals surface area (Å²) in [4.78, 5) is 0. The van der Waals surface area contributed by atoms with Crippen LogP contribution in [0.2, 0.25) is 0 Å². The molecular weight excluding hydrogens is 218 g/mol. The summed E-state index contributed by atoms with van der Waals surface area (Å²) >= 11 is 0. The molecule has 0 aliphatic rings. The Hall–Kier alpha value is -0.820. The van der Waals surface area contributed by atoms with Gasteiger partial charge in [0.1, 0.15) is 0 Å². The molecule has 1 nitrogen and oxygen atoms in total. The maximum atomic E-state index is 3.69. The second kappa shape index (κ2) is 7.58. The van der Waals surface area contributed by atoms with Crippen LogP contribution in [0.1, 0.15) is 50.3 Å². The lowest BCUT2D eigenvalue weighted by molar-refractivity contribution is 0.336. The third-order valence-corrected chi connectivity index (χ3v) is 4.15. The van der Waals surface area contributed by atoms with Crippen molar-refractivity contribution in [1.29, 1.82) is 0 Å². The molecule has 0 aliphatic heterocycles. The normalized spacial score (nSPS) is 13.0. The second-order valence-electron chi connectivity index (χ2n) is 5.32. The fraction of sp³-hybridized carbons (Fsp3) is 0.647. The Kier molecular flexibility index (Phi) is 6.42. The molecule has 0 heterocycles. The number of hydrogen-bond donors (Lipinski definition) is 1. The van der Waals surface area contributed by atoms with E-state index in [0.29, 0.717) is 6.04 Å².